The van der Waals surface area contributed by atoms with Gasteiger partial charge in [-0.05, 0) is 24.3 Å². The van der Waals surface area contributed by atoms with Crippen molar-refractivity contribution in [1.29, 1.82) is 10.8 Å². The second-order valence-electron chi connectivity index (χ2n) is 5.56. The zero-order valence-corrected chi connectivity index (χ0v) is 14.9. The highest BCUT2D eigenvalue weighted by molar-refractivity contribution is 6.03. The minimum Gasteiger partial charge on any atom is -0.495 e. The maximum Gasteiger partial charge on any atom is 0.338 e. The fraction of sp³-hybridized carbons (Fsp3) is 0.278. The number of hydrogen-bond acceptors (Lipinski definition) is 7. The molecule has 1 aromatic carbocycles. The Morgan fingerprint density at radius 2 is 1.96 bits per heavy atom. The van der Waals surface area contributed by atoms with Gasteiger partial charge in [-0.2, -0.15) is 0 Å². The molecule has 0 fully saturated rings. The molecule has 9 heteroatoms. The highest BCUT2D eigenvalue weighted by atomic mass is 19.3. The summed E-state index contributed by atoms with van der Waals surface area (Å²) in [4.78, 5) is 12.2. The lowest BCUT2D eigenvalue weighted by Gasteiger charge is -2.24. The zero-order valence-electron chi connectivity index (χ0n) is 14.9. The van der Waals surface area contributed by atoms with Crippen molar-refractivity contribution in [3.05, 3.63) is 52.9 Å². The van der Waals surface area contributed by atoms with Crippen LogP contribution in [-0.4, -0.2) is 44.5 Å². The number of dihydropyridines is 1. The van der Waals surface area contributed by atoms with E-state index >= 15 is 0 Å². The van der Waals surface area contributed by atoms with Gasteiger partial charge >= 0.3 is 5.97 Å². The molecular formula is C18H19F2N3O4. The van der Waals surface area contributed by atoms with Gasteiger partial charge in [0.25, 0.3) is 6.43 Å². The first-order chi connectivity index (χ1) is 12.8. The maximum atomic E-state index is 13.2. The molecule has 0 amide bonds. The molecule has 2 rings (SSSR count). The monoisotopic (exact) mass is 379 g/mol. The lowest BCUT2D eigenvalue weighted by Crippen LogP contribution is -2.33. The number of allylic oxidation sites excluding steroid dienone is 1. The van der Waals surface area contributed by atoms with Crippen LogP contribution in [0, 0.1) is 10.8 Å². The molecular weight excluding hydrogens is 360 g/mol. The van der Waals surface area contributed by atoms with Gasteiger partial charge in [0.05, 0.1) is 19.8 Å². The summed E-state index contributed by atoms with van der Waals surface area (Å²) < 4.78 is 41.3. The molecule has 1 aliphatic rings. The van der Waals surface area contributed by atoms with Crippen LogP contribution in [0.4, 0.5) is 8.78 Å². The number of carbonyl (C=O) groups excluding carboxylic acids is 1. The summed E-state index contributed by atoms with van der Waals surface area (Å²) in [5.41, 5.74) is 0.872. The Morgan fingerprint density at radius 1 is 1.26 bits per heavy atom. The molecule has 0 saturated carbocycles. The largest absolute Gasteiger partial charge is 0.495 e. The number of alkyl halides is 2. The highest BCUT2D eigenvalue weighted by Gasteiger charge is 2.27. The number of halogens is 2. The molecule has 0 bridgehead atoms. The molecule has 1 atom stereocenters. The van der Waals surface area contributed by atoms with E-state index in [9.17, 15) is 13.6 Å². The fourth-order valence-corrected chi connectivity index (χ4v) is 2.50. The Labute approximate surface area is 154 Å². The van der Waals surface area contributed by atoms with Gasteiger partial charge in [0.2, 0.25) is 5.90 Å². The molecule has 1 unspecified atom stereocenters. The fourth-order valence-electron chi connectivity index (χ4n) is 2.50. The van der Waals surface area contributed by atoms with Crippen molar-refractivity contribution in [2.24, 2.45) is 0 Å². The number of hydrogen-bond donors (Lipinski definition) is 3. The normalized spacial score (nSPS) is 16.0. The van der Waals surface area contributed by atoms with Gasteiger partial charge in [-0.3, -0.25) is 10.8 Å². The number of nitrogens with one attached hydrogen (secondary N) is 3. The summed E-state index contributed by atoms with van der Waals surface area (Å²) in [6.45, 7) is 1.37. The van der Waals surface area contributed by atoms with Crippen molar-refractivity contribution in [3.8, 4) is 0 Å². The first-order valence-corrected chi connectivity index (χ1v) is 7.83. The molecule has 7 nitrogen and oxygen atoms in total. The molecule has 3 N–H and O–H groups in total. The van der Waals surface area contributed by atoms with E-state index in [-0.39, 0.29) is 39.8 Å². The van der Waals surface area contributed by atoms with Gasteiger partial charge in [-0.1, -0.05) is 0 Å². The van der Waals surface area contributed by atoms with Gasteiger partial charge in [0.15, 0.2) is 5.90 Å². The number of ether oxygens (including phenoxy) is 3. The molecule has 27 heavy (non-hydrogen) atoms. The van der Waals surface area contributed by atoms with Crippen molar-refractivity contribution < 1.29 is 27.8 Å². The molecule has 0 radical (unpaired) electrons. The SMILES string of the molecule is COC(=O)c1ccc(C(=N)OC(C)=N)cc1C1=CC(C(F)F)NC=C1OC. The second kappa shape index (κ2) is 8.43. The van der Waals surface area contributed by atoms with E-state index in [0.29, 0.717) is 0 Å². The van der Waals surface area contributed by atoms with Crippen molar-refractivity contribution in [2.75, 3.05) is 14.2 Å². The summed E-state index contributed by atoms with van der Waals surface area (Å²) in [5.74, 6) is -0.932. The predicted molar refractivity (Wildman–Crippen MR) is 95.1 cm³/mol. The van der Waals surface area contributed by atoms with Gasteiger partial charge in [-0.15, -0.1) is 0 Å². The van der Waals surface area contributed by atoms with Crippen LogP contribution in [0.5, 0.6) is 0 Å². The minimum atomic E-state index is -2.68. The number of rotatable bonds is 5. The summed E-state index contributed by atoms with van der Waals surface area (Å²) >= 11 is 0. The summed E-state index contributed by atoms with van der Waals surface area (Å²) in [7, 11) is 2.57. The van der Waals surface area contributed by atoms with E-state index < -0.39 is 18.4 Å². The van der Waals surface area contributed by atoms with Gasteiger partial charge < -0.3 is 19.5 Å². The summed E-state index contributed by atoms with van der Waals surface area (Å²) in [5, 5.41) is 17.8. The second-order valence-corrected chi connectivity index (χ2v) is 5.56. The van der Waals surface area contributed by atoms with E-state index in [4.69, 9.17) is 25.0 Å². The summed E-state index contributed by atoms with van der Waals surface area (Å²) in [6, 6.07) is 3.02. The van der Waals surface area contributed by atoms with Gasteiger partial charge in [0.1, 0.15) is 11.8 Å². The van der Waals surface area contributed by atoms with E-state index in [1.807, 2.05) is 0 Å². The van der Waals surface area contributed by atoms with Crippen LogP contribution < -0.4 is 5.32 Å². The average Bonchev–Trinajstić information content (AvgIpc) is 2.65. The molecule has 1 aliphatic heterocycles. The quantitative estimate of drug-likeness (QED) is 0.415. The van der Waals surface area contributed by atoms with E-state index in [0.717, 1.165) is 0 Å². The Balaban J connectivity index is 2.62. The maximum absolute atomic E-state index is 13.2. The van der Waals surface area contributed by atoms with Crippen LogP contribution >= 0.6 is 0 Å². The molecule has 0 saturated heterocycles. The number of benzene rings is 1. The number of esters is 1. The van der Waals surface area contributed by atoms with Gasteiger partial charge in [0, 0.05) is 29.8 Å². The van der Waals surface area contributed by atoms with Crippen molar-refractivity contribution >= 4 is 23.3 Å². The van der Waals surface area contributed by atoms with Crippen LogP contribution in [0.25, 0.3) is 5.57 Å². The zero-order chi connectivity index (χ0) is 20.1. The van der Waals surface area contributed by atoms with E-state index in [1.54, 1.807) is 0 Å². The highest BCUT2D eigenvalue weighted by Crippen LogP contribution is 2.31. The van der Waals surface area contributed by atoms with Crippen LogP contribution in [0.2, 0.25) is 0 Å². The van der Waals surface area contributed by atoms with Gasteiger partial charge in [-0.25, -0.2) is 13.6 Å². The predicted octanol–water partition coefficient (Wildman–Crippen LogP) is 2.92. The number of methoxy groups -OCH3 is 2. The topological polar surface area (TPSA) is 104 Å². The van der Waals surface area contributed by atoms with Crippen LogP contribution in [0.1, 0.15) is 28.4 Å². The Kier molecular flexibility index (Phi) is 6.27. The standard InChI is InChI=1S/C18H19F2N3O4/c1-9(21)27-17(22)10-4-5-11(18(24)26-3)12(6-10)13-7-14(16(19)20)23-8-15(13)25-2/h4-8,14,16,21-23H,1-3H3. The van der Waals surface area contributed by atoms with Crippen LogP contribution in [0.15, 0.2) is 36.2 Å². The van der Waals surface area contributed by atoms with Crippen LogP contribution in [-0.2, 0) is 14.2 Å². The Bertz CT molecular complexity index is 834. The van der Waals surface area contributed by atoms with Crippen molar-refractivity contribution in [2.45, 2.75) is 19.4 Å². The minimum absolute atomic E-state index is 0.116. The molecule has 1 heterocycles. The summed E-state index contributed by atoms with van der Waals surface area (Å²) in [6.07, 6.45) is -0.133. The third-order valence-corrected chi connectivity index (χ3v) is 3.74. The Hall–Kier alpha value is -3.23. The average molecular weight is 379 g/mol. The van der Waals surface area contributed by atoms with Crippen molar-refractivity contribution in [1.82, 2.24) is 5.32 Å². The molecule has 1 aromatic rings. The molecule has 0 spiro atoms. The lowest BCUT2D eigenvalue weighted by molar-refractivity contribution is 0.0600. The Morgan fingerprint density at radius 3 is 2.52 bits per heavy atom. The third-order valence-electron chi connectivity index (χ3n) is 3.74. The molecule has 0 aromatic heterocycles. The van der Waals surface area contributed by atoms with E-state index in [2.05, 4.69) is 5.32 Å². The molecule has 144 valence electrons. The van der Waals surface area contributed by atoms with Crippen molar-refractivity contribution in [3.63, 3.8) is 0 Å². The van der Waals surface area contributed by atoms with Crippen LogP contribution in [0.3, 0.4) is 0 Å². The lowest BCUT2D eigenvalue weighted by atomic mass is 9.93. The number of carbonyl (C=O) groups is 1. The third kappa shape index (κ3) is 4.49. The molecule has 0 aliphatic carbocycles. The smallest absolute Gasteiger partial charge is 0.338 e. The first-order valence-electron chi connectivity index (χ1n) is 7.83. The first kappa shape index (κ1) is 20.1. The van der Waals surface area contributed by atoms with E-state index in [1.165, 1.54) is 51.6 Å².